The van der Waals surface area contributed by atoms with Crippen LogP contribution in [0.1, 0.15) is 76.8 Å². The Hall–Kier alpha value is -1.06. The first kappa shape index (κ1) is 18.3. The summed E-state index contributed by atoms with van der Waals surface area (Å²) < 4.78 is 6.20. The van der Waals surface area contributed by atoms with Gasteiger partial charge in [-0.15, -0.1) is 0 Å². The summed E-state index contributed by atoms with van der Waals surface area (Å²) in [5, 5.41) is 20.8. The lowest BCUT2D eigenvalue weighted by Gasteiger charge is -2.50. The second-order valence-corrected chi connectivity index (χ2v) is 9.78. The van der Waals surface area contributed by atoms with Crippen molar-refractivity contribution >= 4 is 0 Å². The maximum Gasteiger partial charge on any atom is 0.120 e. The normalized spacial score (nSPS) is 39.1. The van der Waals surface area contributed by atoms with Gasteiger partial charge >= 0.3 is 0 Å². The highest BCUT2D eigenvalue weighted by atomic mass is 16.5. The monoisotopic (exact) mass is 358 g/mol. The summed E-state index contributed by atoms with van der Waals surface area (Å²) in [5.41, 5.74) is 2.69. The molecule has 0 unspecified atom stereocenters. The van der Waals surface area contributed by atoms with Gasteiger partial charge in [0.1, 0.15) is 11.4 Å². The van der Waals surface area contributed by atoms with E-state index < -0.39 is 12.2 Å². The third-order valence-electron chi connectivity index (χ3n) is 7.92. The van der Waals surface area contributed by atoms with Crippen molar-refractivity contribution < 1.29 is 14.9 Å². The van der Waals surface area contributed by atoms with Crippen molar-refractivity contribution in [3.8, 4) is 5.75 Å². The molecular weight excluding hydrogens is 324 g/mol. The smallest absolute Gasteiger partial charge is 0.120 e. The Morgan fingerprint density at radius 1 is 1.23 bits per heavy atom. The Morgan fingerprint density at radius 2 is 2.00 bits per heavy atom. The minimum atomic E-state index is -0.554. The first-order valence-corrected chi connectivity index (χ1v) is 10.4. The summed E-state index contributed by atoms with van der Waals surface area (Å²) in [6.45, 7) is 8.64. The molecule has 4 rings (SSSR count). The summed E-state index contributed by atoms with van der Waals surface area (Å²) in [4.78, 5) is 0. The maximum atomic E-state index is 10.5. The van der Waals surface area contributed by atoms with Gasteiger partial charge in [0.25, 0.3) is 0 Å². The number of aliphatic hydroxyl groups is 2. The van der Waals surface area contributed by atoms with Gasteiger partial charge in [-0.2, -0.15) is 0 Å². The van der Waals surface area contributed by atoms with Crippen LogP contribution in [-0.2, 0) is 6.42 Å². The first-order valence-electron chi connectivity index (χ1n) is 10.4. The molecule has 0 radical (unpaired) electrons. The van der Waals surface area contributed by atoms with Gasteiger partial charge in [0.05, 0.1) is 12.2 Å². The molecule has 2 saturated carbocycles. The molecular formula is C23H34O3. The molecule has 2 fully saturated rings. The highest BCUT2D eigenvalue weighted by Crippen LogP contribution is 2.60. The minimum Gasteiger partial charge on any atom is -0.488 e. The van der Waals surface area contributed by atoms with Crippen LogP contribution < -0.4 is 4.74 Å². The highest BCUT2D eigenvalue weighted by molar-refractivity contribution is 5.41. The number of hydrogen-bond acceptors (Lipinski definition) is 3. The quantitative estimate of drug-likeness (QED) is 0.840. The number of ether oxygens (including phenoxy) is 1. The molecule has 0 saturated heterocycles. The number of benzene rings is 1. The van der Waals surface area contributed by atoms with Crippen LogP contribution in [0, 0.1) is 17.3 Å². The van der Waals surface area contributed by atoms with E-state index in [0.29, 0.717) is 17.8 Å². The van der Waals surface area contributed by atoms with Gasteiger partial charge in [-0.25, -0.2) is 0 Å². The molecule has 0 spiro atoms. The number of rotatable bonds is 3. The van der Waals surface area contributed by atoms with Crippen LogP contribution in [0.5, 0.6) is 5.75 Å². The van der Waals surface area contributed by atoms with Gasteiger partial charge in [0, 0.05) is 0 Å². The molecule has 3 nitrogen and oxygen atoms in total. The van der Waals surface area contributed by atoms with Crippen molar-refractivity contribution in [1.82, 2.24) is 0 Å². The van der Waals surface area contributed by atoms with E-state index in [1.165, 1.54) is 11.1 Å². The molecule has 1 aromatic carbocycles. The Balaban J connectivity index is 1.60. The van der Waals surface area contributed by atoms with Gasteiger partial charge in [0.2, 0.25) is 0 Å². The van der Waals surface area contributed by atoms with Gasteiger partial charge in [-0.3, -0.25) is 0 Å². The first-order chi connectivity index (χ1) is 12.2. The zero-order valence-corrected chi connectivity index (χ0v) is 16.7. The van der Waals surface area contributed by atoms with Crippen molar-refractivity contribution in [1.29, 1.82) is 0 Å². The lowest BCUT2D eigenvalue weighted by Crippen LogP contribution is -2.44. The number of aryl methyl sites for hydroxylation is 1. The van der Waals surface area contributed by atoms with Crippen LogP contribution in [0.4, 0.5) is 0 Å². The Morgan fingerprint density at radius 3 is 2.73 bits per heavy atom. The average Bonchev–Trinajstić information content (AvgIpc) is 2.85. The molecule has 3 aliphatic rings. The number of hydrogen-bond donors (Lipinski definition) is 2. The van der Waals surface area contributed by atoms with E-state index in [9.17, 15) is 10.2 Å². The fraction of sp³-hybridized carbons (Fsp3) is 0.739. The van der Waals surface area contributed by atoms with Crippen LogP contribution in [-0.4, -0.2) is 28.0 Å². The summed E-state index contributed by atoms with van der Waals surface area (Å²) in [5.74, 6) is 2.59. The molecule has 2 N–H and O–H groups in total. The Kier molecular flexibility index (Phi) is 4.39. The summed E-state index contributed by atoms with van der Waals surface area (Å²) in [6, 6.07) is 6.69. The van der Waals surface area contributed by atoms with Crippen molar-refractivity contribution in [3.05, 3.63) is 29.3 Å². The summed E-state index contributed by atoms with van der Waals surface area (Å²) in [6.07, 6.45) is 5.03. The number of aliphatic hydroxyl groups excluding tert-OH is 2. The van der Waals surface area contributed by atoms with Gasteiger partial charge < -0.3 is 14.9 Å². The topological polar surface area (TPSA) is 49.7 Å². The molecule has 0 heterocycles. The standard InChI is InChI=1S/C23H34O3/c1-5-22(2,3)26-15-7-9-16-14(12-15)6-8-18-17(16)10-11-23(4)19(18)13-20(24)21(23)25/h7,9,12,17-21,24-25H,5-6,8,10-11,13H2,1-4H3/t17-,18-,19+,20-,21+,23+/m1/s1. The van der Waals surface area contributed by atoms with Gasteiger partial charge in [0.15, 0.2) is 0 Å². The van der Waals surface area contributed by atoms with E-state index in [-0.39, 0.29) is 11.0 Å². The lowest BCUT2D eigenvalue weighted by molar-refractivity contribution is -0.0505. The van der Waals surface area contributed by atoms with Crippen LogP contribution in [0.25, 0.3) is 0 Å². The van der Waals surface area contributed by atoms with Crippen LogP contribution in [0.2, 0.25) is 0 Å². The second kappa shape index (κ2) is 6.24. The van der Waals surface area contributed by atoms with Gasteiger partial charge in [-0.05, 0) is 98.8 Å². The van der Waals surface area contributed by atoms with Crippen molar-refractivity contribution in [2.45, 2.75) is 89.9 Å². The predicted molar refractivity (Wildman–Crippen MR) is 103 cm³/mol. The molecule has 6 atom stereocenters. The molecule has 144 valence electrons. The summed E-state index contributed by atoms with van der Waals surface area (Å²) in [7, 11) is 0. The molecule has 1 aromatic rings. The van der Waals surface area contributed by atoms with Crippen LogP contribution in [0.15, 0.2) is 18.2 Å². The zero-order valence-electron chi connectivity index (χ0n) is 16.7. The lowest BCUT2D eigenvalue weighted by atomic mass is 9.55. The van der Waals surface area contributed by atoms with Crippen molar-refractivity contribution in [2.75, 3.05) is 0 Å². The van der Waals surface area contributed by atoms with E-state index in [0.717, 1.165) is 44.3 Å². The molecule has 0 bridgehead atoms. The van der Waals surface area contributed by atoms with E-state index in [1.54, 1.807) is 0 Å². The molecule has 26 heavy (non-hydrogen) atoms. The van der Waals surface area contributed by atoms with Crippen LogP contribution >= 0.6 is 0 Å². The molecule has 3 heteroatoms. The van der Waals surface area contributed by atoms with E-state index in [2.05, 4.69) is 45.9 Å². The molecule has 0 aliphatic heterocycles. The SMILES string of the molecule is CCC(C)(C)Oc1ccc2c(c1)CC[C@@H]1[C@@H]2CC[C@]2(C)[C@@H](O)[C@H](O)C[C@@H]12. The fourth-order valence-electron chi connectivity index (χ4n) is 6.00. The largest absolute Gasteiger partial charge is 0.488 e. The summed E-state index contributed by atoms with van der Waals surface area (Å²) >= 11 is 0. The van der Waals surface area contributed by atoms with E-state index >= 15 is 0 Å². The van der Waals surface area contributed by atoms with Crippen molar-refractivity contribution in [2.24, 2.45) is 17.3 Å². The molecule has 3 aliphatic carbocycles. The molecule has 0 aromatic heterocycles. The van der Waals surface area contributed by atoms with E-state index in [4.69, 9.17) is 4.74 Å². The number of fused-ring (bicyclic) bond motifs is 5. The molecule has 0 amide bonds. The second-order valence-electron chi connectivity index (χ2n) is 9.78. The Labute approximate surface area is 157 Å². The third kappa shape index (κ3) is 2.79. The fourth-order valence-corrected chi connectivity index (χ4v) is 6.00. The van der Waals surface area contributed by atoms with Crippen molar-refractivity contribution in [3.63, 3.8) is 0 Å². The average molecular weight is 359 g/mol. The van der Waals surface area contributed by atoms with Gasteiger partial charge in [-0.1, -0.05) is 19.9 Å². The maximum absolute atomic E-state index is 10.5. The predicted octanol–water partition coefficient (Wildman–Crippen LogP) is 4.44. The minimum absolute atomic E-state index is 0.105. The van der Waals surface area contributed by atoms with E-state index in [1.807, 2.05) is 0 Å². The highest BCUT2D eigenvalue weighted by Gasteiger charge is 2.57. The zero-order chi connectivity index (χ0) is 18.7. The third-order valence-corrected chi connectivity index (χ3v) is 7.92. The Bertz CT molecular complexity index is 682. The van der Waals surface area contributed by atoms with Crippen LogP contribution in [0.3, 0.4) is 0 Å².